The molecule has 0 saturated heterocycles. The number of pyridine rings is 1. The highest BCUT2D eigenvalue weighted by atomic mass is 16.6. The van der Waals surface area contributed by atoms with Crippen molar-refractivity contribution in [1.82, 2.24) is 14.8 Å². The van der Waals surface area contributed by atoms with Crippen LogP contribution in [0.4, 0.5) is 17.2 Å². The summed E-state index contributed by atoms with van der Waals surface area (Å²) in [6, 6.07) is 9.44. The van der Waals surface area contributed by atoms with Crippen LogP contribution in [0, 0.1) is 54.8 Å². The van der Waals surface area contributed by atoms with E-state index in [0.29, 0.717) is 11.5 Å². The third-order valence-electron chi connectivity index (χ3n) is 5.75. The molecule has 0 unspecified atom stereocenters. The first-order chi connectivity index (χ1) is 16.5. The average molecular weight is 474 g/mol. The van der Waals surface area contributed by atoms with Crippen molar-refractivity contribution in [3.05, 3.63) is 90.1 Å². The van der Waals surface area contributed by atoms with E-state index >= 15 is 0 Å². The first-order valence-electron chi connectivity index (χ1n) is 10.7. The zero-order valence-corrected chi connectivity index (χ0v) is 19.7. The van der Waals surface area contributed by atoms with Gasteiger partial charge in [-0.25, -0.2) is 4.98 Å². The number of aryl methyl sites for hydroxylation is 4. The molecule has 0 spiro atoms. The number of rotatable bonds is 5. The van der Waals surface area contributed by atoms with Crippen LogP contribution in [-0.2, 0) is 0 Å². The molecule has 11 nitrogen and oxygen atoms in total. The predicted molar refractivity (Wildman–Crippen MR) is 130 cm³/mol. The minimum absolute atomic E-state index is 0.0200. The summed E-state index contributed by atoms with van der Waals surface area (Å²) in [5.41, 5.74) is 3.30. The second-order valence-corrected chi connectivity index (χ2v) is 8.46. The zero-order valence-electron chi connectivity index (χ0n) is 19.7. The lowest BCUT2D eigenvalue weighted by Gasteiger charge is -2.13. The molecule has 0 bridgehead atoms. The maximum atomic E-state index is 13.1. The second-order valence-electron chi connectivity index (χ2n) is 8.46. The quantitative estimate of drug-likeness (QED) is 0.315. The summed E-state index contributed by atoms with van der Waals surface area (Å²) in [6.07, 6.45) is 0. The van der Waals surface area contributed by atoms with Crippen molar-refractivity contribution in [2.75, 3.05) is 5.32 Å². The predicted octanol–water partition coefficient (Wildman–Crippen LogP) is 5.03. The molecule has 0 radical (unpaired) electrons. The highest BCUT2D eigenvalue weighted by Gasteiger charge is 2.25. The minimum Gasteiger partial charge on any atom is -0.306 e. The van der Waals surface area contributed by atoms with Gasteiger partial charge < -0.3 is 5.32 Å². The molecule has 0 aliphatic heterocycles. The number of carbonyl (C=O) groups excluding carboxylic acids is 1. The Hall–Kier alpha value is -4.67. The lowest BCUT2D eigenvalue weighted by atomic mass is 10.0. The summed E-state index contributed by atoms with van der Waals surface area (Å²) in [7, 11) is 0. The number of benzene rings is 2. The van der Waals surface area contributed by atoms with Gasteiger partial charge in [-0.05, 0) is 57.9 Å². The van der Waals surface area contributed by atoms with E-state index in [1.165, 1.54) is 11.6 Å². The van der Waals surface area contributed by atoms with Gasteiger partial charge in [-0.2, -0.15) is 9.78 Å². The average Bonchev–Trinajstić information content (AvgIpc) is 3.13. The molecule has 4 aromatic rings. The van der Waals surface area contributed by atoms with Gasteiger partial charge in [0.25, 0.3) is 17.3 Å². The molecule has 0 aliphatic carbocycles. The van der Waals surface area contributed by atoms with Crippen molar-refractivity contribution in [2.45, 2.75) is 34.6 Å². The number of hydrogen-bond donors (Lipinski definition) is 1. The number of hydrogen-bond acceptors (Lipinski definition) is 7. The Kier molecular flexibility index (Phi) is 5.77. The number of carbonyl (C=O) groups is 1. The normalized spacial score (nSPS) is 11.0. The van der Waals surface area contributed by atoms with Crippen LogP contribution in [0.1, 0.15) is 38.3 Å². The molecule has 2 aromatic heterocycles. The van der Waals surface area contributed by atoms with Crippen LogP contribution in [0.15, 0.2) is 36.4 Å². The monoisotopic (exact) mass is 474 g/mol. The molecule has 0 fully saturated rings. The molecule has 0 atom stereocenters. The molecule has 4 rings (SSSR count). The van der Waals surface area contributed by atoms with Crippen molar-refractivity contribution in [2.24, 2.45) is 0 Å². The Morgan fingerprint density at radius 2 is 1.63 bits per heavy atom. The number of non-ortho nitro benzene ring substituents is 1. The van der Waals surface area contributed by atoms with Crippen LogP contribution in [0.2, 0.25) is 0 Å². The van der Waals surface area contributed by atoms with Crippen LogP contribution in [0.5, 0.6) is 0 Å². The molecule has 1 amide bonds. The van der Waals surface area contributed by atoms with Crippen molar-refractivity contribution in [3.8, 4) is 5.82 Å². The third-order valence-corrected chi connectivity index (χ3v) is 5.75. The molecular formula is C24H22N6O5. The number of nitro benzene ring substituents is 2. The van der Waals surface area contributed by atoms with Gasteiger partial charge >= 0.3 is 0 Å². The lowest BCUT2D eigenvalue weighted by Crippen LogP contribution is -2.17. The van der Waals surface area contributed by atoms with Crippen LogP contribution in [-0.4, -0.2) is 30.5 Å². The Bertz CT molecular complexity index is 1560. The molecule has 0 aliphatic rings. The standard InChI is InChI=1S/C24H22N6O5/c1-12-6-14(3)23-18(7-12)13(2)8-21(25-23)28-22(9-15(4)27-28)26-24(31)19-10-17(29(32)33)11-20(16(19)5)30(34)35/h6-11H,1-5H3,(H,26,31). The number of nitro groups is 2. The second kappa shape index (κ2) is 8.60. The number of aromatic nitrogens is 3. The van der Waals surface area contributed by atoms with Gasteiger partial charge in [0.05, 0.1) is 32.7 Å². The van der Waals surface area contributed by atoms with Crippen LogP contribution >= 0.6 is 0 Å². The maximum Gasteiger partial charge on any atom is 0.279 e. The number of anilines is 1. The van der Waals surface area contributed by atoms with Gasteiger partial charge in [-0.15, -0.1) is 0 Å². The topological polar surface area (TPSA) is 146 Å². The molecule has 2 heterocycles. The minimum atomic E-state index is -0.774. The SMILES string of the molecule is Cc1cc(C)c2nc(-n3nc(C)cc3NC(=O)c3cc([N+](=O)[O-])cc([N+](=O)[O-])c3C)cc(C)c2c1. The van der Waals surface area contributed by atoms with E-state index in [1.807, 2.05) is 32.9 Å². The Labute approximate surface area is 199 Å². The maximum absolute atomic E-state index is 13.1. The summed E-state index contributed by atoms with van der Waals surface area (Å²) in [5, 5.41) is 30.8. The first kappa shape index (κ1) is 23.5. The molecule has 1 N–H and O–H groups in total. The molecule has 35 heavy (non-hydrogen) atoms. The van der Waals surface area contributed by atoms with E-state index in [0.717, 1.165) is 39.7 Å². The summed E-state index contributed by atoms with van der Waals surface area (Å²) in [4.78, 5) is 39.0. The highest BCUT2D eigenvalue weighted by molar-refractivity contribution is 6.06. The highest BCUT2D eigenvalue weighted by Crippen LogP contribution is 2.30. The van der Waals surface area contributed by atoms with Crippen LogP contribution < -0.4 is 5.32 Å². The summed E-state index contributed by atoms with van der Waals surface area (Å²) in [6.45, 7) is 9.08. The number of amides is 1. The van der Waals surface area contributed by atoms with Gasteiger partial charge in [0.15, 0.2) is 5.82 Å². The van der Waals surface area contributed by atoms with Crippen molar-refractivity contribution >= 4 is 34.0 Å². The van der Waals surface area contributed by atoms with Gasteiger partial charge in [0.1, 0.15) is 5.82 Å². The fourth-order valence-corrected chi connectivity index (χ4v) is 4.10. The molecule has 0 saturated carbocycles. The lowest BCUT2D eigenvalue weighted by molar-refractivity contribution is -0.394. The van der Waals surface area contributed by atoms with Crippen molar-refractivity contribution < 1.29 is 14.6 Å². The number of nitrogens with zero attached hydrogens (tertiary/aromatic N) is 5. The van der Waals surface area contributed by atoms with E-state index in [-0.39, 0.29) is 16.9 Å². The molecule has 178 valence electrons. The van der Waals surface area contributed by atoms with E-state index in [2.05, 4.69) is 16.5 Å². The van der Waals surface area contributed by atoms with Crippen molar-refractivity contribution in [1.29, 1.82) is 0 Å². The van der Waals surface area contributed by atoms with E-state index in [9.17, 15) is 25.0 Å². The fourth-order valence-electron chi connectivity index (χ4n) is 4.10. The van der Waals surface area contributed by atoms with Crippen LogP contribution in [0.3, 0.4) is 0 Å². The Morgan fingerprint density at radius 1 is 0.914 bits per heavy atom. The zero-order chi connectivity index (χ0) is 25.6. The molecular weight excluding hydrogens is 452 g/mol. The van der Waals surface area contributed by atoms with Crippen molar-refractivity contribution in [3.63, 3.8) is 0 Å². The van der Waals surface area contributed by atoms with Gasteiger partial charge in [-0.1, -0.05) is 11.6 Å². The largest absolute Gasteiger partial charge is 0.306 e. The van der Waals surface area contributed by atoms with E-state index in [1.54, 1.807) is 13.0 Å². The van der Waals surface area contributed by atoms with Gasteiger partial charge in [-0.3, -0.25) is 25.0 Å². The summed E-state index contributed by atoms with van der Waals surface area (Å²) >= 11 is 0. The summed E-state index contributed by atoms with van der Waals surface area (Å²) < 4.78 is 1.47. The Morgan fingerprint density at radius 3 is 2.29 bits per heavy atom. The van der Waals surface area contributed by atoms with Crippen LogP contribution in [0.25, 0.3) is 16.7 Å². The van der Waals surface area contributed by atoms with Gasteiger partial charge in [0, 0.05) is 23.1 Å². The van der Waals surface area contributed by atoms with E-state index in [4.69, 9.17) is 4.98 Å². The Balaban J connectivity index is 1.80. The molecule has 2 aromatic carbocycles. The molecule has 11 heteroatoms. The third kappa shape index (κ3) is 4.31. The summed E-state index contributed by atoms with van der Waals surface area (Å²) in [5.74, 6) is 0.0175. The first-order valence-corrected chi connectivity index (χ1v) is 10.7. The van der Waals surface area contributed by atoms with E-state index < -0.39 is 27.1 Å². The fraction of sp³-hybridized carbons (Fsp3) is 0.208. The van der Waals surface area contributed by atoms with Gasteiger partial charge in [0.2, 0.25) is 0 Å². The number of fused-ring (bicyclic) bond motifs is 1. The number of nitrogens with one attached hydrogen (secondary N) is 1. The smallest absolute Gasteiger partial charge is 0.279 e.